The first-order chi connectivity index (χ1) is 29.0. The number of hydrogen-bond donors (Lipinski definition) is 0. The second-order valence-corrected chi connectivity index (χ2v) is 16.9. The van der Waals surface area contributed by atoms with Gasteiger partial charge in [-0.2, -0.15) is 0 Å². The molecule has 0 fully saturated rings. The zero-order chi connectivity index (χ0) is 39.5. The summed E-state index contributed by atoms with van der Waals surface area (Å²) >= 11 is 1.89. The Kier molecular flexibility index (Phi) is 8.57. The number of rotatable bonds is 6. The van der Waals surface area contributed by atoms with Gasteiger partial charge in [-0.25, -0.2) is 0 Å². The van der Waals surface area contributed by atoms with E-state index in [0.29, 0.717) is 0 Å². The molecule has 59 heavy (non-hydrogen) atoms. The van der Waals surface area contributed by atoms with Gasteiger partial charge in [0.1, 0.15) is 0 Å². The Labute approximate surface area is 349 Å². The summed E-state index contributed by atoms with van der Waals surface area (Å²) in [5.74, 6) is 0. The van der Waals surface area contributed by atoms with Crippen LogP contribution >= 0.6 is 11.3 Å². The third-order valence-corrected chi connectivity index (χ3v) is 13.1. The molecule has 0 aliphatic rings. The molecule has 0 N–H and O–H groups in total. The summed E-state index contributed by atoms with van der Waals surface area (Å²) in [6.07, 6.45) is 0. The zero-order valence-corrected chi connectivity index (χ0v) is 33.9. The second kappa shape index (κ2) is 14.4. The largest absolute Gasteiger partial charge is 0.135 e. The van der Waals surface area contributed by atoms with Crippen LogP contribution in [0.4, 0.5) is 0 Å². The Morgan fingerprint density at radius 1 is 0.271 bits per heavy atom. The summed E-state index contributed by atoms with van der Waals surface area (Å²) in [5, 5.41) is 7.79. The fourth-order valence-electron chi connectivity index (χ4n) is 9.11. The predicted octanol–water partition coefficient (Wildman–Crippen LogP) is 17.0. The van der Waals surface area contributed by atoms with Gasteiger partial charge in [-0.05, 0) is 156 Å². The summed E-state index contributed by atoms with van der Waals surface area (Å²) < 4.78 is 2.68. The molecule has 11 aromatic rings. The smallest absolute Gasteiger partial charge is 0.0433 e. The Morgan fingerprint density at radius 2 is 0.695 bits per heavy atom. The van der Waals surface area contributed by atoms with Crippen molar-refractivity contribution in [2.75, 3.05) is 0 Å². The maximum Gasteiger partial charge on any atom is 0.0433 e. The van der Waals surface area contributed by atoms with Gasteiger partial charge >= 0.3 is 0 Å². The van der Waals surface area contributed by atoms with Crippen LogP contribution in [0.5, 0.6) is 0 Å². The highest BCUT2D eigenvalue weighted by atomic mass is 32.1. The highest BCUT2D eigenvalue weighted by Gasteiger charge is 2.14. The van der Waals surface area contributed by atoms with Crippen molar-refractivity contribution in [3.8, 4) is 66.8 Å². The Morgan fingerprint density at radius 3 is 1.31 bits per heavy atom. The molecule has 1 heterocycles. The van der Waals surface area contributed by atoms with Gasteiger partial charge < -0.3 is 0 Å². The molecule has 0 nitrogen and oxygen atoms in total. The van der Waals surface area contributed by atoms with Crippen LogP contribution in [0.2, 0.25) is 0 Å². The highest BCUT2D eigenvalue weighted by Crippen LogP contribution is 2.42. The van der Waals surface area contributed by atoms with E-state index in [1.54, 1.807) is 0 Å². The van der Waals surface area contributed by atoms with E-state index in [1.807, 2.05) is 11.3 Å². The molecule has 1 heteroatoms. The molecular formula is C58H40S. The van der Waals surface area contributed by atoms with Crippen LogP contribution in [0.3, 0.4) is 0 Å². The third-order valence-electron chi connectivity index (χ3n) is 11.9. The van der Waals surface area contributed by atoms with Gasteiger partial charge in [0, 0.05) is 20.2 Å². The first kappa shape index (κ1) is 35.1. The second-order valence-electron chi connectivity index (χ2n) is 15.9. The molecule has 0 spiro atoms. The van der Waals surface area contributed by atoms with Gasteiger partial charge in [-0.1, -0.05) is 164 Å². The summed E-state index contributed by atoms with van der Waals surface area (Å²) in [7, 11) is 0. The summed E-state index contributed by atoms with van der Waals surface area (Å²) in [6.45, 7) is 4.42. The Hall–Kier alpha value is -7.06. The fourth-order valence-corrected chi connectivity index (χ4v) is 10.3. The number of fused-ring (bicyclic) bond motifs is 6. The molecule has 11 rings (SSSR count). The van der Waals surface area contributed by atoms with Gasteiger partial charge in [-0.3, -0.25) is 0 Å². The van der Waals surface area contributed by atoms with Crippen molar-refractivity contribution in [2.45, 2.75) is 13.8 Å². The Bertz CT molecular complexity index is 3420. The van der Waals surface area contributed by atoms with E-state index >= 15 is 0 Å². The third kappa shape index (κ3) is 6.41. The topological polar surface area (TPSA) is 0 Å². The van der Waals surface area contributed by atoms with Crippen LogP contribution in [0.25, 0.3) is 108 Å². The van der Waals surface area contributed by atoms with Crippen molar-refractivity contribution in [2.24, 2.45) is 0 Å². The van der Waals surface area contributed by atoms with E-state index in [4.69, 9.17) is 0 Å². The minimum Gasteiger partial charge on any atom is -0.135 e. The number of thiophene rings is 1. The molecule has 0 bridgehead atoms. The molecule has 0 saturated heterocycles. The summed E-state index contributed by atoms with van der Waals surface area (Å²) in [6, 6.07) is 76.4. The molecule has 0 aliphatic heterocycles. The van der Waals surface area contributed by atoms with E-state index in [-0.39, 0.29) is 0 Å². The van der Waals surface area contributed by atoms with E-state index in [0.717, 1.165) is 0 Å². The highest BCUT2D eigenvalue weighted by molar-refractivity contribution is 7.26. The van der Waals surface area contributed by atoms with E-state index in [2.05, 4.69) is 220 Å². The Balaban J connectivity index is 0.939. The van der Waals surface area contributed by atoms with E-state index in [9.17, 15) is 0 Å². The van der Waals surface area contributed by atoms with Gasteiger partial charge in [0.05, 0.1) is 0 Å². The quantitative estimate of drug-likeness (QED) is 0.148. The monoisotopic (exact) mass is 768 g/mol. The zero-order valence-electron chi connectivity index (χ0n) is 33.0. The molecule has 10 aromatic carbocycles. The van der Waals surface area contributed by atoms with Crippen LogP contribution in [0.1, 0.15) is 11.1 Å². The van der Waals surface area contributed by atoms with Gasteiger partial charge in [-0.15, -0.1) is 11.3 Å². The molecular weight excluding hydrogens is 729 g/mol. The molecule has 0 atom stereocenters. The van der Waals surface area contributed by atoms with Gasteiger partial charge in [0.15, 0.2) is 0 Å². The molecule has 0 radical (unpaired) electrons. The minimum atomic E-state index is 1.21. The lowest BCUT2D eigenvalue weighted by Gasteiger charge is -2.14. The van der Waals surface area contributed by atoms with Crippen molar-refractivity contribution in [1.29, 1.82) is 0 Å². The fraction of sp³-hybridized carbons (Fsp3) is 0.0345. The lowest BCUT2D eigenvalue weighted by atomic mass is 9.90. The molecule has 0 unspecified atom stereocenters. The summed E-state index contributed by atoms with van der Waals surface area (Å²) in [4.78, 5) is 0. The van der Waals surface area contributed by atoms with Gasteiger partial charge in [0.2, 0.25) is 0 Å². The first-order valence-electron chi connectivity index (χ1n) is 20.4. The van der Waals surface area contributed by atoms with Crippen molar-refractivity contribution in [3.05, 3.63) is 217 Å². The standard InChI is InChI=1S/C58H40S/c1-37-27-46(34-48(29-37)41-16-10-18-43(32-41)51-24-12-25-55-54-23-7-8-26-57(54)59-58(51)55)39-14-9-15-40(31-39)47-28-38(2)30-49(35-47)42-17-11-19-44(33-42)56-36-45-13-3-4-20-50(45)52-21-5-6-22-53(52)56/h3-36H,1-2H3. The van der Waals surface area contributed by atoms with E-state index in [1.165, 1.54) is 120 Å². The van der Waals surface area contributed by atoms with Crippen molar-refractivity contribution < 1.29 is 0 Å². The lowest BCUT2D eigenvalue weighted by Crippen LogP contribution is -1.89. The van der Waals surface area contributed by atoms with Crippen LogP contribution in [-0.4, -0.2) is 0 Å². The lowest BCUT2D eigenvalue weighted by molar-refractivity contribution is 1.45. The summed E-state index contributed by atoms with van der Waals surface area (Å²) in [5.41, 5.74) is 17.3. The first-order valence-corrected chi connectivity index (χ1v) is 21.2. The van der Waals surface area contributed by atoms with Crippen molar-refractivity contribution in [3.63, 3.8) is 0 Å². The number of aryl methyl sites for hydroxylation is 2. The minimum absolute atomic E-state index is 1.21. The normalized spacial score (nSPS) is 11.6. The average molecular weight is 769 g/mol. The number of benzene rings is 10. The van der Waals surface area contributed by atoms with Crippen LogP contribution in [0, 0.1) is 13.8 Å². The predicted molar refractivity (Wildman–Crippen MR) is 256 cm³/mol. The van der Waals surface area contributed by atoms with Crippen molar-refractivity contribution >= 4 is 53.1 Å². The molecule has 278 valence electrons. The van der Waals surface area contributed by atoms with E-state index < -0.39 is 0 Å². The molecule has 0 saturated carbocycles. The molecule has 0 aliphatic carbocycles. The van der Waals surface area contributed by atoms with Crippen LogP contribution in [-0.2, 0) is 0 Å². The molecule has 1 aromatic heterocycles. The number of hydrogen-bond acceptors (Lipinski definition) is 1. The van der Waals surface area contributed by atoms with Gasteiger partial charge in [0.25, 0.3) is 0 Å². The SMILES string of the molecule is Cc1cc(-c2cccc(-c3cc(C)cc(-c4cccc(-c5cccc6c5sc5ccccc56)c4)c3)c2)cc(-c2cccc(-c3cc4ccccc4c4ccccc34)c2)c1. The van der Waals surface area contributed by atoms with Crippen molar-refractivity contribution in [1.82, 2.24) is 0 Å². The maximum absolute atomic E-state index is 2.36. The maximum atomic E-state index is 2.36. The average Bonchev–Trinajstić information content (AvgIpc) is 3.68. The van der Waals surface area contributed by atoms with Crippen LogP contribution < -0.4 is 0 Å². The molecule has 0 amide bonds. The van der Waals surface area contributed by atoms with Crippen LogP contribution in [0.15, 0.2) is 206 Å².